The summed E-state index contributed by atoms with van der Waals surface area (Å²) in [7, 11) is 0. The third-order valence-corrected chi connectivity index (χ3v) is 8.09. The summed E-state index contributed by atoms with van der Waals surface area (Å²) < 4.78 is 37.5. The molecule has 176 valence electrons. The molecule has 0 N–H and O–H groups in total. The fraction of sp³-hybridized carbons (Fsp3) is 0.682. The number of hydrogen-bond donors (Lipinski definition) is 0. The van der Waals surface area contributed by atoms with Crippen LogP contribution in [0.4, 0.5) is 4.79 Å². The molecule has 0 amide bonds. The molecule has 0 radical (unpaired) electrons. The maximum absolute atomic E-state index is 11.6. The zero-order valence-corrected chi connectivity index (χ0v) is 19.0. The van der Waals surface area contributed by atoms with E-state index in [1.54, 1.807) is 13.8 Å². The van der Waals surface area contributed by atoms with Crippen molar-refractivity contribution < 1.29 is 41.7 Å². The number of rotatable bonds is 4. The van der Waals surface area contributed by atoms with Gasteiger partial charge < -0.3 is 18.9 Å². The summed E-state index contributed by atoms with van der Waals surface area (Å²) in [6, 6.07) is 0. The van der Waals surface area contributed by atoms with E-state index in [1.165, 1.54) is 0 Å². The summed E-state index contributed by atoms with van der Waals surface area (Å²) in [6.45, 7) is 10.3. The largest absolute Gasteiger partial charge is 0.509 e. The van der Waals surface area contributed by atoms with Crippen molar-refractivity contribution >= 4 is 29.2 Å². The molecule has 2 aliphatic heterocycles. The number of ether oxygens (including phenoxy) is 4. The Morgan fingerprint density at radius 3 is 2.31 bits per heavy atom. The summed E-state index contributed by atoms with van der Waals surface area (Å²) in [5, 5.41) is 0.176. The molecule has 0 spiro atoms. The van der Waals surface area contributed by atoms with Crippen LogP contribution in [0.3, 0.4) is 0 Å². The van der Waals surface area contributed by atoms with Crippen LogP contribution in [0.25, 0.3) is 0 Å². The SMILES string of the molecule is C=C(C)C(=O)OC1C2CC3C1OS(=O)C3C2.C=C(C)C(=O)OC1CCC2OC(=O)OC2C1. The molecule has 3 saturated carbocycles. The molecule has 5 aliphatic rings. The second kappa shape index (κ2) is 8.97. The smallest absolute Gasteiger partial charge is 0.459 e. The van der Waals surface area contributed by atoms with Gasteiger partial charge in [0, 0.05) is 29.4 Å². The van der Waals surface area contributed by atoms with Gasteiger partial charge in [0.05, 0.1) is 5.25 Å². The Hall–Kier alpha value is -2.20. The lowest BCUT2D eigenvalue weighted by Crippen LogP contribution is -2.37. The lowest BCUT2D eigenvalue weighted by molar-refractivity contribution is -0.151. The van der Waals surface area contributed by atoms with Crippen molar-refractivity contribution in [3.05, 3.63) is 24.3 Å². The van der Waals surface area contributed by atoms with Crippen molar-refractivity contribution in [3.8, 4) is 0 Å². The van der Waals surface area contributed by atoms with Gasteiger partial charge in [-0.15, -0.1) is 0 Å². The normalized spacial score (nSPS) is 40.3. The second-order valence-corrected chi connectivity index (χ2v) is 10.4. The van der Waals surface area contributed by atoms with Crippen molar-refractivity contribution in [1.82, 2.24) is 0 Å². The first-order chi connectivity index (χ1) is 15.1. The average molecular weight is 469 g/mol. The molecule has 10 heteroatoms. The molecule has 0 aromatic rings. The van der Waals surface area contributed by atoms with Crippen molar-refractivity contribution in [2.45, 2.75) is 81.7 Å². The van der Waals surface area contributed by atoms with E-state index in [0.717, 1.165) is 12.8 Å². The Morgan fingerprint density at radius 1 is 0.969 bits per heavy atom. The Kier molecular flexibility index (Phi) is 6.44. The first kappa shape index (κ1) is 23.0. The lowest BCUT2D eigenvalue weighted by atomic mass is 9.92. The maximum Gasteiger partial charge on any atom is 0.509 e. The van der Waals surface area contributed by atoms with Gasteiger partial charge in [0.25, 0.3) is 0 Å². The minimum absolute atomic E-state index is 0.145. The quantitative estimate of drug-likeness (QED) is 0.349. The van der Waals surface area contributed by atoms with Crippen LogP contribution in [-0.4, -0.2) is 58.1 Å². The predicted octanol–water partition coefficient (Wildman–Crippen LogP) is 2.51. The summed E-state index contributed by atoms with van der Waals surface area (Å²) in [6.07, 6.45) is 2.08. The van der Waals surface area contributed by atoms with E-state index in [2.05, 4.69) is 13.2 Å². The predicted molar refractivity (Wildman–Crippen MR) is 111 cm³/mol. The van der Waals surface area contributed by atoms with Crippen LogP contribution in [0.1, 0.15) is 46.0 Å². The molecule has 5 rings (SSSR count). The van der Waals surface area contributed by atoms with Crippen molar-refractivity contribution in [1.29, 1.82) is 0 Å². The summed E-state index contributed by atoms with van der Waals surface area (Å²) in [5.74, 6) is -0.104. The van der Waals surface area contributed by atoms with Crippen LogP contribution < -0.4 is 0 Å². The van der Waals surface area contributed by atoms with Crippen molar-refractivity contribution in [2.75, 3.05) is 0 Å². The van der Waals surface area contributed by atoms with E-state index in [9.17, 15) is 18.6 Å². The Bertz CT molecular complexity index is 867. The molecule has 3 aliphatic carbocycles. The average Bonchev–Trinajstić information content (AvgIpc) is 3.44. The first-order valence-electron chi connectivity index (χ1n) is 10.8. The van der Waals surface area contributed by atoms with Crippen molar-refractivity contribution in [2.24, 2.45) is 11.8 Å². The molecule has 2 bridgehead atoms. The van der Waals surface area contributed by atoms with Gasteiger partial charge in [-0.05, 0) is 39.5 Å². The molecular weight excluding hydrogens is 440 g/mol. The monoisotopic (exact) mass is 468 g/mol. The van der Waals surface area contributed by atoms with Gasteiger partial charge in [-0.2, -0.15) is 0 Å². The van der Waals surface area contributed by atoms with Crippen LogP contribution in [0.5, 0.6) is 0 Å². The molecule has 9 unspecified atom stereocenters. The summed E-state index contributed by atoms with van der Waals surface area (Å²) in [5.41, 5.74) is 0.778. The summed E-state index contributed by atoms with van der Waals surface area (Å²) >= 11 is -1.18. The van der Waals surface area contributed by atoms with E-state index in [1.807, 2.05) is 0 Å². The minimum Gasteiger partial charge on any atom is -0.459 e. The molecule has 9 nitrogen and oxygen atoms in total. The van der Waals surface area contributed by atoms with Gasteiger partial charge in [-0.3, -0.25) is 4.18 Å². The highest BCUT2D eigenvalue weighted by atomic mass is 32.2. The minimum atomic E-state index is -1.18. The van der Waals surface area contributed by atoms with E-state index in [4.69, 9.17) is 23.1 Å². The van der Waals surface area contributed by atoms with E-state index < -0.39 is 23.2 Å². The van der Waals surface area contributed by atoms with Gasteiger partial charge in [0.15, 0.2) is 11.1 Å². The van der Waals surface area contributed by atoms with Gasteiger partial charge in [-0.25, -0.2) is 18.6 Å². The van der Waals surface area contributed by atoms with Gasteiger partial charge in [0.1, 0.15) is 30.5 Å². The van der Waals surface area contributed by atoms with E-state index >= 15 is 0 Å². The van der Waals surface area contributed by atoms with Crippen LogP contribution in [0, 0.1) is 11.8 Å². The Morgan fingerprint density at radius 2 is 1.62 bits per heavy atom. The van der Waals surface area contributed by atoms with Crippen LogP contribution in [0.15, 0.2) is 24.3 Å². The third-order valence-electron chi connectivity index (χ3n) is 6.64. The topological polar surface area (TPSA) is 114 Å². The van der Waals surface area contributed by atoms with E-state index in [0.29, 0.717) is 42.2 Å². The van der Waals surface area contributed by atoms with Gasteiger partial charge >= 0.3 is 18.1 Å². The standard InChI is InChI=1S/C11H14O5.C11H14O4S/c1-6(2)10(12)14-7-3-4-8-9(5-7)16-11(13)15-8;1-5(2)11(12)14-9-6-3-7-8(4-6)16(13)15-10(7)9/h7-9H,1,3-5H2,2H3;6-10H,1,3-4H2,2H3. The van der Waals surface area contributed by atoms with Crippen LogP contribution >= 0.6 is 0 Å². The van der Waals surface area contributed by atoms with Gasteiger partial charge in [-0.1, -0.05) is 13.2 Å². The number of carbonyl (C=O) groups is 3. The Labute approximate surface area is 189 Å². The van der Waals surface area contributed by atoms with Gasteiger partial charge in [0.2, 0.25) is 0 Å². The highest BCUT2D eigenvalue weighted by molar-refractivity contribution is 7.81. The molecule has 0 aromatic heterocycles. The lowest BCUT2D eigenvalue weighted by Gasteiger charge is -2.27. The van der Waals surface area contributed by atoms with Crippen LogP contribution in [-0.2, 0) is 43.8 Å². The second-order valence-electron chi connectivity index (χ2n) is 9.09. The highest BCUT2D eigenvalue weighted by Crippen LogP contribution is 2.54. The molecule has 2 heterocycles. The fourth-order valence-electron chi connectivity index (χ4n) is 5.07. The molecule has 2 saturated heterocycles. The number of hydrogen-bond acceptors (Lipinski definition) is 9. The zero-order valence-electron chi connectivity index (χ0n) is 18.2. The molecule has 5 fully saturated rings. The third kappa shape index (κ3) is 4.47. The van der Waals surface area contributed by atoms with Crippen LogP contribution in [0.2, 0.25) is 0 Å². The highest BCUT2D eigenvalue weighted by Gasteiger charge is 2.62. The molecule has 0 aromatic carbocycles. The fourth-order valence-corrected chi connectivity index (χ4v) is 6.64. The zero-order chi connectivity index (χ0) is 23.2. The maximum atomic E-state index is 11.6. The first-order valence-corrected chi connectivity index (χ1v) is 12.0. The molecule has 32 heavy (non-hydrogen) atoms. The van der Waals surface area contributed by atoms with Crippen molar-refractivity contribution in [3.63, 3.8) is 0 Å². The molecule has 9 atom stereocenters. The molecular formula is C22H28O9S. The number of fused-ring (bicyclic) bond motifs is 2. The summed E-state index contributed by atoms with van der Waals surface area (Å²) in [4.78, 5) is 33.7. The number of carbonyl (C=O) groups excluding carboxylic acids is 3. The van der Waals surface area contributed by atoms with E-state index in [-0.39, 0.29) is 41.7 Å². The number of esters is 2. The Balaban J connectivity index is 0.000000153.